The summed E-state index contributed by atoms with van der Waals surface area (Å²) < 4.78 is 38.7. The van der Waals surface area contributed by atoms with Crippen LogP contribution in [0.3, 0.4) is 0 Å². The zero-order valence-electron chi connectivity index (χ0n) is 13.1. The molecule has 0 spiro atoms. The summed E-state index contributed by atoms with van der Waals surface area (Å²) in [5.41, 5.74) is 5.86. The summed E-state index contributed by atoms with van der Waals surface area (Å²) in [5, 5.41) is 0. The summed E-state index contributed by atoms with van der Waals surface area (Å²) in [5.74, 6) is -1.12. The van der Waals surface area contributed by atoms with Gasteiger partial charge in [0.1, 0.15) is 0 Å². The maximum absolute atomic E-state index is 12.9. The lowest BCUT2D eigenvalue weighted by molar-refractivity contribution is -0.189. The van der Waals surface area contributed by atoms with E-state index in [0.29, 0.717) is 25.4 Å². The molecule has 2 aliphatic rings. The molecule has 2 N–H and O–H groups in total. The Balaban J connectivity index is 2.06. The van der Waals surface area contributed by atoms with E-state index >= 15 is 0 Å². The van der Waals surface area contributed by atoms with E-state index in [4.69, 9.17) is 5.73 Å². The normalized spacial score (nSPS) is 32.6. The fourth-order valence-corrected chi connectivity index (χ4v) is 4.46. The Kier molecular flexibility index (Phi) is 5.58. The first-order chi connectivity index (χ1) is 9.93. The smallest absolute Gasteiger partial charge is 0.329 e. The monoisotopic (exact) mass is 306 g/mol. The van der Waals surface area contributed by atoms with E-state index in [1.54, 1.807) is 0 Å². The van der Waals surface area contributed by atoms with E-state index in [1.165, 1.54) is 32.1 Å². The Morgan fingerprint density at radius 3 is 2.05 bits per heavy atom. The van der Waals surface area contributed by atoms with E-state index in [0.717, 1.165) is 6.54 Å². The molecule has 2 fully saturated rings. The fraction of sp³-hybridized carbons (Fsp3) is 1.00. The Labute approximate surface area is 126 Å². The van der Waals surface area contributed by atoms with E-state index in [9.17, 15) is 13.2 Å². The van der Waals surface area contributed by atoms with Gasteiger partial charge in [-0.3, -0.25) is 4.90 Å². The third-order valence-electron chi connectivity index (χ3n) is 5.72. The molecule has 0 aliphatic heterocycles. The number of hydrogen-bond donors (Lipinski definition) is 1. The molecule has 5 heteroatoms. The van der Waals surface area contributed by atoms with Gasteiger partial charge in [-0.15, -0.1) is 0 Å². The van der Waals surface area contributed by atoms with Crippen LogP contribution in [-0.2, 0) is 0 Å². The van der Waals surface area contributed by atoms with Crippen LogP contribution in [0.15, 0.2) is 0 Å². The number of hydrogen-bond acceptors (Lipinski definition) is 2. The second-order valence-corrected chi connectivity index (χ2v) is 6.82. The molecular formula is C16H29F3N2. The summed E-state index contributed by atoms with van der Waals surface area (Å²) in [7, 11) is 0. The van der Waals surface area contributed by atoms with E-state index in [-0.39, 0.29) is 18.4 Å². The minimum absolute atomic E-state index is 0.196. The molecule has 2 nitrogen and oxygen atoms in total. The second kappa shape index (κ2) is 6.86. The molecule has 0 heterocycles. The number of rotatable bonds is 4. The molecule has 2 rings (SSSR count). The zero-order chi connectivity index (χ0) is 15.5. The van der Waals surface area contributed by atoms with Crippen LogP contribution in [-0.4, -0.2) is 35.7 Å². The minimum atomic E-state index is -4.04. The molecule has 2 aliphatic carbocycles. The molecular weight excluding hydrogens is 277 g/mol. The van der Waals surface area contributed by atoms with Gasteiger partial charge in [0.25, 0.3) is 0 Å². The average Bonchev–Trinajstić information content (AvgIpc) is 2.48. The van der Waals surface area contributed by atoms with Gasteiger partial charge in [0.15, 0.2) is 0 Å². The van der Waals surface area contributed by atoms with Crippen LogP contribution < -0.4 is 5.73 Å². The topological polar surface area (TPSA) is 29.3 Å². The van der Waals surface area contributed by atoms with Crippen molar-refractivity contribution in [2.24, 2.45) is 11.7 Å². The van der Waals surface area contributed by atoms with E-state index < -0.39 is 12.1 Å². The SMILES string of the molecule is CCN(C1CCCCC1)C1(CN)CCC(C(F)(F)F)CC1. The number of alkyl halides is 3. The molecule has 0 amide bonds. The molecule has 0 aromatic rings. The molecule has 21 heavy (non-hydrogen) atoms. The number of halogens is 3. The highest BCUT2D eigenvalue weighted by Crippen LogP contribution is 2.44. The lowest BCUT2D eigenvalue weighted by atomic mass is 9.73. The van der Waals surface area contributed by atoms with Gasteiger partial charge < -0.3 is 5.73 Å². The minimum Gasteiger partial charge on any atom is -0.329 e. The molecule has 0 saturated heterocycles. The maximum atomic E-state index is 12.9. The fourth-order valence-electron chi connectivity index (χ4n) is 4.46. The summed E-state index contributed by atoms with van der Waals surface area (Å²) in [6, 6.07) is 0.523. The van der Waals surface area contributed by atoms with Crippen LogP contribution in [0, 0.1) is 5.92 Å². The van der Waals surface area contributed by atoms with Gasteiger partial charge >= 0.3 is 6.18 Å². The van der Waals surface area contributed by atoms with Gasteiger partial charge in [0, 0.05) is 18.1 Å². The van der Waals surface area contributed by atoms with Crippen molar-refractivity contribution >= 4 is 0 Å². The van der Waals surface area contributed by atoms with Crippen molar-refractivity contribution in [2.75, 3.05) is 13.1 Å². The number of likely N-dealkylation sites (N-methyl/N-ethyl adjacent to an activating group) is 1. The Bertz CT molecular complexity index is 316. The molecule has 124 valence electrons. The van der Waals surface area contributed by atoms with Gasteiger partial charge in [0.05, 0.1) is 5.92 Å². The van der Waals surface area contributed by atoms with Crippen molar-refractivity contribution in [2.45, 2.75) is 82.5 Å². The van der Waals surface area contributed by atoms with Gasteiger partial charge in [0.2, 0.25) is 0 Å². The predicted molar refractivity (Wildman–Crippen MR) is 79.1 cm³/mol. The second-order valence-electron chi connectivity index (χ2n) is 6.82. The highest BCUT2D eigenvalue weighted by molar-refractivity contribution is 4.99. The molecule has 0 bridgehead atoms. The van der Waals surface area contributed by atoms with Crippen molar-refractivity contribution in [1.29, 1.82) is 0 Å². The number of nitrogens with zero attached hydrogens (tertiary/aromatic N) is 1. The molecule has 0 radical (unpaired) electrons. The molecule has 0 unspecified atom stereocenters. The van der Waals surface area contributed by atoms with Crippen molar-refractivity contribution in [3.8, 4) is 0 Å². The summed E-state index contributed by atoms with van der Waals surface area (Å²) in [4.78, 5) is 2.46. The summed E-state index contributed by atoms with van der Waals surface area (Å²) in [6.07, 6.45) is 3.77. The van der Waals surface area contributed by atoms with Gasteiger partial charge in [-0.1, -0.05) is 26.2 Å². The maximum Gasteiger partial charge on any atom is 0.391 e. The Morgan fingerprint density at radius 1 is 1.05 bits per heavy atom. The van der Waals surface area contributed by atoms with Crippen LogP contribution in [0.4, 0.5) is 13.2 Å². The highest BCUT2D eigenvalue weighted by atomic mass is 19.4. The van der Waals surface area contributed by atoms with Crippen LogP contribution in [0.25, 0.3) is 0 Å². The third kappa shape index (κ3) is 3.73. The van der Waals surface area contributed by atoms with Crippen molar-refractivity contribution in [1.82, 2.24) is 4.90 Å². The molecule has 0 atom stereocenters. The Hall–Kier alpha value is -0.290. The molecule has 0 aromatic heterocycles. The first-order valence-electron chi connectivity index (χ1n) is 8.46. The standard InChI is InChI=1S/C16H29F3N2/c1-2-21(14-6-4-3-5-7-14)15(12-20)10-8-13(9-11-15)16(17,18)19/h13-14H,2-12,20H2,1H3. The zero-order valence-corrected chi connectivity index (χ0v) is 13.1. The van der Waals surface area contributed by atoms with Gasteiger partial charge in [-0.05, 0) is 45.1 Å². The number of nitrogens with two attached hydrogens (primary N) is 1. The van der Waals surface area contributed by atoms with Crippen molar-refractivity contribution in [3.63, 3.8) is 0 Å². The quantitative estimate of drug-likeness (QED) is 0.847. The highest BCUT2D eigenvalue weighted by Gasteiger charge is 2.48. The summed E-state index contributed by atoms with van der Waals surface area (Å²) in [6.45, 7) is 3.52. The van der Waals surface area contributed by atoms with Gasteiger partial charge in [-0.25, -0.2) is 0 Å². The third-order valence-corrected chi connectivity index (χ3v) is 5.72. The van der Waals surface area contributed by atoms with E-state index in [2.05, 4.69) is 11.8 Å². The molecule has 0 aromatic carbocycles. The largest absolute Gasteiger partial charge is 0.391 e. The van der Waals surface area contributed by atoms with Crippen LogP contribution >= 0.6 is 0 Å². The van der Waals surface area contributed by atoms with Gasteiger partial charge in [-0.2, -0.15) is 13.2 Å². The van der Waals surface area contributed by atoms with Crippen LogP contribution in [0.1, 0.15) is 64.7 Å². The van der Waals surface area contributed by atoms with Crippen molar-refractivity contribution in [3.05, 3.63) is 0 Å². The van der Waals surface area contributed by atoms with E-state index in [1.807, 2.05) is 0 Å². The lowest BCUT2D eigenvalue weighted by Crippen LogP contribution is -2.60. The first-order valence-corrected chi connectivity index (χ1v) is 8.46. The summed E-state index contributed by atoms with van der Waals surface area (Å²) >= 11 is 0. The van der Waals surface area contributed by atoms with Crippen LogP contribution in [0.2, 0.25) is 0 Å². The lowest BCUT2D eigenvalue weighted by Gasteiger charge is -2.51. The molecule has 2 saturated carbocycles. The first kappa shape index (κ1) is 17.1. The van der Waals surface area contributed by atoms with Crippen molar-refractivity contribution < 1.29 is 13.2 Å². The average molecular weight is 306 g/mol. The van der Waals surface area contributed by atoms with Crippen LogP contribution in [0.5, 0.6) is 0 Å². The predicted octanol–water partition coefficient (Wildman–Crippen LogP) is 4.09. The Morgan fingerprint density at radius 2 is 1.62 bits per heavy atom.